The number of methoxy groups -OCH3 is 1. The van der Waals surface area contributed by atoms with Gasteiger partial charge in [0.25, 0.3) is 10.0 Å². The molecule has 0 saturated carbocycles. The quantitative estimate of drug-likeness (QED) is 0.937. The highest BCUT2D eigenvalue weighted by molar-refractivity contribution is 7.90. The second-order valence-corrected chi connectivity index (χ2v) is 6.16. The molecule has 0 aliphatic heterocycles. The van der Waals surface area contributed by atoms with Crippen molar-refractivity contribution in [3.63, 3.8) is 0 Å². The lowest BCUT2D eigenvalue weighted by atomic mass is 10.3. The van der Waals surface area contributed by atoms with Gasteiger partial charge in [0.1, 0.15) is 5.75 Å². The molecule has 7 heteroatoms. The smallest absolute Gasteiger partial charge is 0.335 e. The standard InChI is InChI=1S/C15H16N2O4S/c1-17(12-6-4-3-5-7-12)15(18)16-22(19,20)14-10-8-13(21-2)9-11-14/h3-11H,1-2H3,(H,16,18). The summed E-state index contributed by atoms with van der Waals surface area (Å²) in [5.74, 6) is 0.534. The summed E-state index contributed by atoms with van der Waals surface area (Å²) in [5, 5.41) is 0. The number of nitrogens with zero attached hydrogens (tertiary/aromatic N) is 1. The molecule has 0 aromatic heterocycles. The van der Waals surface area contributed by atoms with Crippen LogP contribution in [0.3, 0.4) is 0 Å². The first kappa shape index (κ1) is 15.8. The number of ether oxygens (including phenoxy) is 1. The summed E-state index contributed by atoms with van der Waals surface area (Å²) in [5.41, 5.74) is 0.588. The summed E-state index contributed by atoms with van der Waals surface area (Å²) >= 11 is 0. The maximum atomic E-state index is 12.2. The Labute approximate surface area is 129 Å². The van der Waals surface area contributed by atoms with Crippen molar-refractivity contribution >= 4 is 21.7 Å². The number of amides is 2. The van der Waals surface area contributed by atoms with Gasteiger partial charge in [-0.2, -0.15) is 0 Å². The van der Waals surface area contributed by atoms with Gasteiger partial charge in [0.15, 0.2) is 0 Å². The summed E-state index contributed by atoms with van der Waals surface area (Å²) < 4.78 is 31.4. The number of nitrogens with one attached hydrogen (secondary N) is 1. The van der Waals surface area contributed by atoms with Crippen LogP contribution in [0.15, 0.2) is 59.5 Å². The predicted molar refractivity (Wildman–Crippen MR) is 83.6 cm³/mol. The molecule has 0 aliphatic rings. The molecule has 0 saturated heterocycles. The summed E-state index contributed by atoms with van der Waals surface area (Å²) in [6.07, 6.45) is 0. The van der Waals surface area contributed by atoms with Crippen molar-refractivity contribution in [2.75, 3.05) is 19.1 Å². The largest absolute Gasteiger partial charge is 0.497 e. The lowest BCUT2D eigenvalue weighted by Gasteiger charge is -2.18. The predicted octanol–water partition coefficient (Wildman–Crippen LogP) is 2.23. The molecular weight excluding hydrogens is 304 g/mol. The second kappa shape index (κ2) is 6.48. The first-order valence-corrected chi connectivity index (χ1v) is 7.92. The van der Waals surface area contributed by atoms with Crippen LogP contribution in [0.25, 0.3) is 0 Å². The molecule has 6 nitrogen and oxygen atoms in total. The van der Waals surface area contributed by atoms with E-state index in [-0.39, 0.29) is 4.90 Å². The van der Waals surface area contributed by atoms with E-state index in [1.807, 2.05) is 10.8 Å². The molecule has 0 unspecified atom stereocenters. The number of benzene rings is 2. The SMILES string of the molecule is COc1ccc(S(=O)(=O)NC(=O)N(C)c2ccccc2)cc1. The zero-order chi connectivity index (χ0) is 16.2. The third kappa shape index (κ3) is 3.56. The minimum Gasteiger partial charge on any atom is -0.497 e. The van der Waals surface area contributed by atoms with Crippen molar-refractivity contribution < 1.29 is 17.9 Å². The van der Waals surface area contributed by atoms with Crippen LogP contribution >= 0.6 is 0 Å². The van der Waals surface area contributed by atoms with E-state index in [9.17, 15) is 13.2 Å². The van der Waals surface area contributed by atoms with Crippen LogP contribution in [0.5, 0.6) is 5.75 Å². The van der Waals surface area contributed by atoms with Crippen LogP contribution in [0.1, 0.15) is 0 Å². The molecule has 2 amide bonds. The number of hydrogen-bond donors (Lipinski definition) is 1. The van der Waals surface area contributed by atoms with Crippen molar-refractivity contribution in [2.45, 2.75) is 4.90 Å². The fourth-order valence-electron chi connectivity index (χ4n) is 1.77. The number of hydrogen-bond acceptors (Lipinski definition) is 4. The molecular formula is C15H16N2O4S. The second-order valence-electron chi connectivity index (χ2n) is 4.48. The molecule has 116 valence electrons. The molecule has 0 bridgehead atoms. The average molecular weight is 320 g/mol. The maximum Gasteiger partial charge on any atom is 0.335 e. The van der Waals surface area contributed by atoms with Gasteiger partial charge in [-0.05, 0) is 36.4 Å². The number of carbonyl (C=O) groups excluding carboxylic acids is 1. The molecule has 1 N–H and O–H groups in total. The molecule has 0 fully saturated rings. The lowest BCUT2D eigenvalue weighted by Crippen LogP contribution is -2.40. The first-order chi connectivity index (χ1) is 10.4. The third-order valence-corrected chi connectivity index (χ3v) is 4.38. The van der Waals surface area contributed by atoms with Crippen LogP contribution in [-0.2, 0) is 10.0 Å². The van der Waals surface area contributed by atoms with Crippen LogP contribution in [0.4, 0.5) is 10.5 Å². The normalized spacial score (nSPS) is 10.8. The van der Waals surface area contributed by atoms with Crippen molar-refractivity contribution in [3.8, 4) is 5.75 Å². The highest BCUT2D eigenvalue weighted by Gasteiger charge is 2.20. The third-order valence-electron chi connectivity index (χ3n) is 3.04. The van der Waals surface area contributed by atoms with Crippen molar-refractivity contribution in [1.29, 1.82) is 0 Å². The zero-order valence-electron chi connectivity index (χ0n) is 12.2. The Balaban J connectivity index is 2.15. The Morgan fingerprint density at radius 2 is 1.64 bits per heavy atom. The molecule has 0 heterocycles. The highest BCUT2D eigenvalue weighted by Crippen LogP contribution is 2.16. The van der Waals surface area contributed by atoms with E-state index >= 15 is 0 Å². The molecule has 0 radical (unpaired) electrons. The molecule has 0 spiro atoms. The fourth-order valence-corrected chi connectivity index (χ4v) is 2.75. The summed E-state index contributed by atoms with van der Waals surface area (Å²) in [7, 11) is -0.954. The summed E-state index contributed by atoms with van der Waals surface area (Å²) in [4.78, 5) is 13.3. The van der Waals surface area contributed by atoms with Crippen molar-refractivity contribution in [2.24, 2.45) is 0 Å². The fraction of sp³-hybridized carbons (Fsp3) is 0.133. The van der Waals surface area contributed by atoms with E-state index in [1.165, 1.54) is 43.3 Å². The summed E-state index contributed by atoms with van der Waals surface area (Å²) in [6.45, 7) is 0. The minimum absolute atomic E-state index is 0.0110. The van der Waals surface area contributed by atoms with Crippen LogP contribution in [0.2, 0.25) is 0 Å². The monoisotopic (exact) mass is 320 g/mol. The van der Waals surface area contributed by atoms with E-state index in [0.717, 1.165) is 0 Å². The van der Waals surface area contributed by atoms with Gasteiger partial charge in [-0.1, -0.05) is 18.2 Å². The maximum absolute atomic E-state index is 12.2. The Morgan fingerprint density at radius 3 is 2.18 bits per heavy atom. The van der Waals surface area contributed by atoms with Gasteiger partial charge in [-0.15, -0.1) is 0 Å². The van der Waals surface area contributed by atoms with E-state index in [1.54, 1.807) is 24.3 Å². The Bertz CT molecular complexity index is 743. The average Bonchev–Trinajstić information content (AvgIpc) is 2.54. The summed E-state index contributed by atoms with van der Waals surface area (Å²) in [6, 6.07) is 13.8. The Morgan fingerprint density at radius 1 is 1.05 bits per heavy atom. The minimum atomic E-state index is -3.93. The molecule has 2 rings (SSSR count). The van der Waals surface area contributed by atoms with Crippen LogP contribution in [0, 0.1) is 0 Å². The Hall–Kier alpha value is -2.54. The van der Waals surface area contributed by atoms with E-state index in [4.69, 9.17) is 4.74 Å². The van der Waals surface area contributed by atoms with Gasteiger partial charge in [0, 0.05) is 12.7 Å². The molecule has 0 atom stereocenters. The molecule has 2 aromatic carbocycles. The first-order valence-electron chi connectivity index (χ1n) is 6.43. The van der Waals surface area contributed by atoms with Gasteiger partial charge in [-0.3, -0.25) is 4.90 Å². The molecule has 0 aliphatic carbocycles. The number of anilines is 1. The zero-order valence-corrected chi connectivity index (χ0v) is 13.0. The van der Waals surface area contributed by atoms with Crippen LogP contribution in [-0.4, -0.2) is 28.6 Å². The van der Waals surface area contributed by atoms with E-state index < -0.39 is 16.1 Å². The highest BCUT2D eigenvalue weighted by atomic mass is 32.2. The Kier molecular flexibility index (Phi) is 4.67. The van der Waals surface area contributed by atoms with Crippen molar-refractivity contribution in [3.05, 3.63) is 54.6 Å². The van der Waals surface area contributed by atoms with E-state index in [2.05, 4.69) is 0 Å². The van der Waals surface area contributed by atoms with Crippen LogP contribution < -0.4 is 14.4 Å². The number of urea groups is 1. The number of para-hydroxylation sites is 1. The van der Waals surface area contributed by atoms with Crippen molar-refractivity contribution in [1.82, 2.24) is 4.72 Å². The molecule has 2 aromatic rings. The van der Waals surface area contributed by atoms with Gasteiger partial charge >= 0.3 is 6.03 Å². The van der Waals surface area contributed by atoms with Gasteiger partial charge in [0.05, 0.1) is 12.0 Å². The van der Waals surface area contributed by atoms with E-state index in [0.29, 0.717) is 11.4 Å². The topological polar surface area (TPSA) is 75.7 Å². The molecule has 22 heavy (non-hydrogen) atoms. The van der Waals surface area contributed by atoms with Gasteiger partial charge in [-0.25, -0.2) is 17.9 Å². The lowest BCUT2D eigenvalue weighted by molar-refractivity contribution is 0.252. The number of sulfonamides is 1. The van der Waals surface area contributed by atoms with Gasteiger partial charge in [0.2, 0.25) is 0 Å². The number of rotatable bonds is 4. The number of carbonyl (C=O) groups is 1. The van der Waals surface area contributed by atoms with Gasteiger partial charge < -0.3 is 4.74 Å².